The summed E-state index contributed by atoms with van der Waals surface area (Å²) >= 11 is 11.5. The molecule has 1 fully saturated rings. The first kappa shape index (κ1) is 20.4. The summed E-state index contributed by atoms with van der Waals surface area (Å²) in [5.74, 6) is 0. The van der Waals surface area contributed by atoms with Crippen LogP contribution in [0.25, 0.3) is 11.1 Å². The highest BCUT2D eigenvalue weighted by atomic mass is 35.5. The van der Waals surface area contributed by atoms with Crippen LogP contribution in [-0.2, 0) is 16.7 Å². The number of hydrogen-bond donors (Lipinski definition) is 3. The van der Waals surface area contributed by atoms with Crippen LogP contribution >= 0.6 is 23.8 Å². The fourth-order valence-corrected chi connectivity index (χ4v) is 5.11. The highest BCUT2D eigenvalue weighted by Gasteiger charge is 2.23. The van der Waals surface area contributed by atoms with E-state index in [-0.39, 0.29) is 4.90 Å². The van der Waals surface area contributed by atoms with E-state index in [1.54, 1.807) is 36.4 Å². The number of sulfonamides is 1. The van der Waals surface area contributed by atoms with Crippen molar-refractivity contribution in [1.82, 2.24) is 4.57 Å². The maximum atomic E-state index is 12.8. The second-order valence-corrected chi connectivity index (χ2v) is 9.81. The summed E-state index contributed by atoms with van der Waals surface area (Å²) < 4.78 is 35.7. The summed E-state index contributed by atoms with van der Waals surface area (Å²) in [4.78, 5) is 3.42. The summed E-state index contributed by atoms with van der Waals surface area (Å²) in [6.45, 7) is 5.08. The van der Waals surface area contributed by atoms with Crippen molar-refractivity contribution in [2.75, 3.05) is 37.9 Å². The molecule has 29 heavy (non-hydrogen) atoms. The Hall–Kier alpha value is -1.91. The van der Waals surface area contributed by atoms with Gasteiger partial charge in [0, 0.05) is 6.07 Å². The van der Waals surface area contributed by atoms with Gasteiger partial charge in [0.2, 0.25) is 0 Å². The summed E-state index contributed by atoms with van der Waals surface area (Å²) in [6, 6.07) is 11.5. The number of benzene rings is 2. The molecule has 154 valence electrons. The average molecular weight is 455 g/mol. The van der Waals surface area contributed by atoms with Gasteiger partial charge in [0.15, 0.2) is 12.3 Å². The van der Waals surface area contributed by atoms with Crippen LogP contribution in [0.15, 0.2) is 51.8 Å². The molecule has 0 unspecified atom stereocenters. The second-order valence-electron chi connectivity index (χ2n) is 7.38. The summed E-state index contributed by atoms with van der Waals surface area (Å²) in [6.07, 6.45) is 0. The van der Waals surface area contributed by atoms with Crippen LogP contribution in [0.2, 0.25) is 5.02 Å². The minimum atomic E-state index is -3.81. The van der Waals surface area contributed by atoms with Gasteiger partial charge < -0.3 is 14.2 Å². The lowest BCUT2D eigenvalue weighted by Gasteiger charge is -2.27. The predicted octanol–water partition coefficient (Wildman–Crippen LogP) is 0.789. The van der Waals surface area contributed by atoms with Crippen LogP contribution < -0.4 is 14.5 Å². The molecule has 0 bridgehead atoms. The third-order valence-corrected chi connectivity index (χ3v) is 7.26. The molecule has 7 nitrogen and oxygen atoms in total. The molecular weight excluding hydrogens is 432 g/mol. The van der Waals surface area contributed by atoms with Gasteiger partial charge in [-0.05, 0) is 36.5 Å². The molecule has 0 spiro atoms. The van der Waals surface area contributed by atoms with Gasteiger partial charge >= 0.3 is 0 Å². The number of likely N-dealkylation sites (N-methyl/N-ethyl adjacent to an activating group) is 1. The highest BCUT2D eigenvalue weighted by molar-refractivity contribution is 7.92. The smallest absolute Gasteiger partial charge is 0.274 e. The van der Waals surface area contributed by atoms with E-state index in [1.165, 1.54) is 15.9 Å². The number of para-hydroxylation sites is 1. The zero-order chi connectivity index (χ0) is 20.6. The van der Waals surface area contributed by atoms with Crippen molar-refractivity contribution < 1.29 is 22.6 Å². The molecule has 1 aromatic heterocycles. The Morgan fingerprint density at radius 3 is 2.62 bits per heavy atom. The minimum Gasteiger partial charge on any atom is -0.429 e. The summed E-state index contributed by atoms with van der Waals surface area (Å²) in [5.41, 5.74) is 1.58. The van der Waals surface area contributed by atoms with Gasteiger partial charge in [-0.2, -0.15) is 0 Å². The van der Waals surface area contributed by atoms with Crippen LogP contribution in [0.4, 0.5) is 5.69 Å². The quantitative estimate of drug-likeness (QED) is 0.498. The van der Waals surface area contributed by atoms with Gasteiger partial charge in [-0.25, -0.2) is 8.42 Å². The molecular formula is C19H23ClN4O3S2+2. The topological polar surface area (TPSA) is 73.1 Å². The lowest BCUT2D eigenvalue weighted by molar-refractivity contribution is -1.01. The Bertz CT molecular complexity index is 1200. The molecule has 4 rings (SSSR count). The average Bonchev–Trinajstić information content (AvgIpc) is 3.00. The van der Waals surface area contributed by atoms with Crippen molar-refractivity contribution in [1.29, 1.82) is 0 Å². The fraction of sp³-hybridized carbons (Fsp3) is 0.316. The molecule has 1 saturated heterocycles. The summed E-state index contributed by atoms with van der Waals surface area (Å²) in [7, 11) is -1.61. The van der Waals surface area contributed by atoms with Crippen LogP contribution in [0.3, 0.4) is 0 Å². The normalized spacial score (nSPS) is 20.1. The van der Waals surface area contributed by atoms with E-state index in [0.717, 1.165) is 31.7 Å². The fourth-order valence-electron chi connectivity index (χ4n) is 3.52. The number of fused-ring (bicyclic) bond motifs is 1. The van der Waals surface area contributed by atoms with Crippen molar-refractivity contribution in [2.24, 2.45) is 0 Å². The number of rotatable bonds is 5. The van der Waals surface area contributed by atoms with Gasteiger partial charge in [0.25, 0.3) is 14.9 Å². The van der Waals surface area contributed by atoms with E-state index in [2.05, 4.69) is 11.8 Å². The largest absolute Gasteiger partial charge is 0.429 e. The molecule has 0 amide bonds. The van der Waals surface area contributed by atoms with Gasteiger partial charge in [0.05, 0.1) is 28.2 Å². The number of hydrogen-bond acceptors (Lipinski definition) is 4. The second kappa shape index (κ2) is 8.08. The van der Waals surface area contributed by atoms with Crippen LogP contribution in [-0.4, -0.2) is 46.2 Å². The molecule has 1 aliphatic heterocycles. The Labute approximate surface area is 179 Å². The van der Waals surface area contributed by atoms with Crippen LogP contribution in [0, 0.1) is 4.84 Å². The third-order valence-electron chi connectivity index (χ3n) is 5.26. The van der Waals surface area contributed by atoms with Crippen molar-refractivity contribution in [3.63, 3.8) is 0 Å². The number of anilines is 1. The number of halogens is 1. The van der Waals surface area contributed by atoms with E-state index >= 15 is 0 Å². The first-order chi connectivity index (χ1) is 13.8. The van der Waals surface area contributed by atoms with E-state index < -0.39 is 10.0 Å². The monoisotopic (exact) mass is 454 g/mol. The Morgan fingerprint density at radius 2 is 1.90 bits per heavy atom. The van der Waals surface area contributed by atoms with E-state index in [1.807, 2.05) is 4.57 Å². The summed E-state index contributed by atoms with van der Waals surface area (Å²) in [5, 5.41) is 0.331. The van der Waals surface area contributed by atoms with Crippen LogP contribution in [0.5, 0.6) is 0 Å². The van der Waals surface area contributed by atoms with Crippen molar-refractivity contribution in [2.45, 2.75) is 11.6 Å². The van der Waals surface area contributed by atoms with E-state index in [9.17, 15) is 8.42 Å². The molecule has 0 saturated carbocycles. The maximum Gasteiger partial charge on any atom is 0.274 e. The predicted molar refractivity (Wildman–Crippen MR) is 115 cm³/mol. The lowest BCUT2D eigenvalue weighted by Crippen LogP contribution is -3.26. The van der Waals surface area contributed by atoms with E-state index in [0.29, 0.717) is 27.8 Å². The highest BCUT2D eigenvalue weighted by Crippen LogP contribution is 2.26. The number of piperazine rings is 1. The first-order valence-electron chi connectivity index (χ1n) is 9.39. The van der Waals surface area contributed by atoms with Crippen molar-refractivity contribution in [3.8, 4) is 0 Å². The Balaban J connectivity index is 1.62. The minimum absolute atomic E-state index is 0.0939. The molecule has 0 radical (unpaired) electrons. The number of oxazole rings is 1. The lowest BCUT2D eigenvalue weighted by atomic mass is 10.3. The molecule has 2 heterocycles. The standard InChI is InChI=1S/C19H21ClN4O3S2/c1-22-8-10-23(11-9-22)13-24-17-7-6-14(12-18(17)27-19(24)28)29(25,26)21-16-5-3-2-4-15(16)20/h2-7,12,21H,8-11,13H2,1H3/p+2. The van der Waals surface area contributed by atoms with Gasteiger partial charge in [-0.15, -0.1) is 0 Å². The molecule has 3 N–H and O–H groups in total. The number of aromatic nitrogens is 1. The SMILES string of the molecule is C[NH+]1CC[NH+](Cn2c(=S)oc3cc(S(=O)(=O)Nc4ccccc4Cl)ccc32)CC1. The van der Waals surface area contributed by atoms with Gasteiger partial charge in [-0.1, -0.05) is 23.7 Å². The molecule has 2 aromatic carbocycles. The first-order valence-corrected chi connectivity index (χ1v) is 11.7. The molecule has 0 atom stereocenters. The maximum absolute atomic E-state index is 12.8. The van der Waals surface area contributed by atoms with Crippen molar-refractivity contribution >= 4 is 50.6 Å². The zero-order valence-electron chi connectivity index (χ0n) is 15.9. The number of nitrogens with zero attached hydrogens (tertiary/aromatic N) is 1. The third kappa shape index (κ3) is 4.34. The zero-order valence-corrected chi connectivity index (χ0v) is 18.3. The molecule has 3 aromatic rings. The van der Waals surface area contributed by atoms with Crippen molar-refractivity contribution in [3.05, 3.63) is 52.3 Å². The number of nitrogens with one attached hydrogen (secondary N) is 3. The number of quaternary nitrogens is 2. The van der Waals surface area contributed by atoms with Gasteiger partial charge in [0.1, 0.15) is 26.2 Å². The Morgan fingerprint density at radius 1 is 1.17 bits per heavy atom. The van der Waals surface area contributed by atoms with E-state index in [4.69, 9.17) is 28.2 Å². The molecule has 1 aliphatic rings. The Kier molecular flexibility index (Phi) is 5.67. The molecule has 10 heteroatoms. The van der Waals surface area contributed by atoms with Gasteiger partial charge in [-0.3, -0.25) is 9.29 Å². The van der Waals surface area contributed by atoms with Crippen LogP contribution in [0.1, 0.15) is 0 Å². The molecule has 0 aliphatic carbocycles.